The topological polar surface area (TPSA) is 21.7 Å². The van der Waals surface area contributed by atoms with Gasteiger partial charge in [0.15, 0.2) is 0 Å². The normalized spacial score (nSPS) is 21.9. The maximum absolute atomic E-state index is 5.72. The number of nitrogens with zero attached hydrogens (tertiary/aromatic N) is 1. The van der Waals surface area contributed by atoms with Crippen LogP contribution in [0.15, 0.2) is 18.2 Å². The van der Waals surface area contributed by atoms with Gasteiger partial charge in [0.05, 0.1) is 18.2 Å². The Morgan fingerprint density at radius 1 is 1.37 bits per heavy atom. The van der Waals surface area contributed by atoms with Gasteiger partial charge in [0, 0.05) is 25.9 Å². The van der Waals surface area contributed by atoms with Crippen LogP contribution in [0.4, 0.5) is 0 Å². The summed E-state index contributed by atoms with van der Waals surface area (Å²) >= 11 is 5.55. The van der Waals surface area contributed by atoms with Crippen molar-refractivity contribution in [2.75, 3.05) is 26.3 Å². The SMILES string of the molecule is C[C@H]1Cc2cc(CC(=S)N3CCOCC3)ccc2O1. The number of ether oxygens (including phenoxy) is 2. The van der Waals surface area contributed by atoms with Crippen LogP contribution in [0, 0.1) is 0 Å². The number of hydrogen-bond donors (Lipinski definition) is 0. The van der Waals surface area contributed by atoms with Gasteiger partial charge in [-0.1, -0.05) is 24.4 Å². The van der Waals surface area contributed by atoms with Crippen molar-refractivity contribution in [1.29, 1.82) is 0 Å². The van der Waals surface area contributed by atoms with Crippen molar-refractivity contribution >= 4 is 17.2 Å². The fourth-order valence-corrected chi connectivity index (χ4v) is 3.03. The summed E-state index contributed by atoms with van der Waals surface area (Å²) in [5.41, 5.74) is 2.60. The molecule has 0 bridgehead atoms. The minimum absolute atomic E-state index is 0.302. The Hall–Kier alpha value is -1.13. The van der Waals surface area contributed by atoms with Gasteiger partial charge in [0.1, 0.15) is 11.9 Å². The summed E-state index contributed by atoms with van der Waals surface area (Å²) in [6.45, 7) is 5.53. The smallest absolute Gasteiger partial charge is 0.123 e. The van der Waals surface area contributed by atoms with Gasteiger partial charge in [-0.15, -0.1) is 0 Å². The lowest BCUT2D eigenvalue weighted by Gasteiger charge is -2.29. The zero-order valence-electron chi connectivity index (χ0n) is 11.2. The summed E-state index contributed by atoms with van der Waals surface area (Å²) in [7, 11) is 0. The molecule has 0 spiro atoms. The van der Waals surface area contributed by atoms with Crippen molar-refractivity contribution in [2.45, 2.75) is 25.9 Å². The molecule has 19 heavy (non-hydrogen) atoms. The highest BCUT2D eigenvalue weighted by molar-refractivity contribution is 7.80. The summed E-state index contributed by atoms with van der Waals surface area (Å²) < 4.78 is 11.1. The number of benzene rings is 1. The molecule has 2 aliphatic rings. The van der Waals surface area contributed by atoms with Crippen molar-refractivity contribution in [2.24, 2.45) is 0 Å². The van der Waals surface area contributed by atoms with Crippen LogP contribution in [0.5, 0.6) is 5.75 Å². The highest BCUT2D eigenvalue weighted by Crippen LogP contribution is 2.29. The predicted molar refractivity (Wildman–Crippen MR) is 78.9 cm³/mol. The molecule has 0 amide bonds. The van der Waals surface area contributed by atoms with E-state index in [4.69, 9.17) is 21.7 Å². The Morgan fingerprint density at radius 2 is 2.16 bits per heavy atom. The molecule has 3 nitrogen and oxygen atoms in total. The first-order valence-electron chi connectivity index (χ1n) is 6.86. The van der Waals surface area contributed by atoms with E-state index < -0.39 is 0 Å². The van der Waals surface area contributed by atoms with Crippen molar-refractivity contribution in [3.63, 3.8) is 0 Å². The summed E-state index contributed by atoms with van der Waals surface area (Å²) in [6.07, 6.45) is 2.15. The maximum Gasteiger partial charge on any atom is 0.123 e. The van der Waals surface area contributed by atoms with E-state index in [-0.39, 0.29) is 0 Å². The molecule has 0 aromatic heterocycles. The third-order valence-corrected chi connectivity index (χ3v) is 4.08. The molecule has 1 saturated heterocycles. The zero-order chi connectivity index (χ0) is 13.2. The van der Waals surface area contributed by atoms with E-state index in [1.807, 2.05) is 0 Å². The van der Waals surface area contributed by atoms with Crippen molar-refractivity contribution < 1.29 is 9.47 Å². The van der Waals surface area contributed by atoms with Crippen LogP contribution in [0.2, 0.25) is 0 Å². The fourth-order valence-electron chi connectivity index (χ4n) is 2.68. The summed E-state index contributed by atoms with van der Waals surface area (Å²) in [4.78, 5) is 3.28. The van der Waals surface area contributed by atoms with Crippen molar-refractivity contribution in [1.82, 2.24) is 4.90 Å². The van der Waals surface area contributed by atoms with Gasteiger partial charge in [-0.2, -0.15) is 0 Å². The standard InChI is InChI=1S/C15H19NO2S/c1-11-8-13-9-12(2-3-14(13)18-11)10-15(19)16-4-6-17-7-5-16/h2-3,9,11H,4-8,10H2,1H3/t11-/m0/s1. The molecule has 0 aliphatic carbocycles. The van der Waals surface area contributed by atoms with Crippen LogP contribution in [0.1, 0.15) is 18.1 Å². The molecule has 1 aromatic carbocycles. The molecular weight excluding hydrogens is 258 g/mol. The van der Waals surface area contributed by atoms with E-state index in [0.29, 0.717) is 6.10 Å². The maximum atomic E-state index is 5.72. The summed E-state index contributed by atoms with van der Waals surface area (Å²) in [5, 5.41) is 0. The quantitative estimate of drug-likeness (QED) is 0.773. The molecule has 0 saturated carbocycles. The summed E-state index contributed by atoms with van der Waals surface area (Å²) in [6, 6.07) is 6.45. The molecule has 0 N–H and O–H groups in total. The minimum Gasteiger partial charge on any atom is -0.490 e. The molecule has 3 rings (SSSR count). The van der Waals surface area contributed by atoms with E-state index in [2.05, 4.69) is 30.0 Å². The third kappa shape index (κ3) is 2.90. The van der Waals surface area contributed by atoms with Crippen molar-refractivity contribution in [3.05, 3.63) is 29.3 Å². The van der Waals surface area contributed by atoms with E-state index in [1.165, 1.54) is 11.1 Å². The van der Waals surface area contributed by atoms with Gasteiger partial charge in [-0.05, 0) is 24.1 Å². The van der Waals surface area contributed by atoms with E-state index in [0.717, 1.165) is 49.9 Å². The number of morpholine rings is 1. The lowest BCUT2D eigenvalue weighted by atomic mass is 10.0. The Bertz CT molecular complexity index is 483. The Labute approximate surface area is 119 Å². The zero-order valence-corrected chi connectivity index (χ0v) is 12.0. The number of fused-ring (bicyclic) bond motifs is 1. The lowest BCUT2D eigenvalue weighted by molar-refractivity contribution is 0.0684. The van der Waals surface area contributed by atoms with Gasteiger partial charge < -0.3 is 14.4 Å². The van der Waals surface area contributed by atoms with Crippen LogP contribution in [0.25, 0.3) is 0 Å². The van der Waals surface area contributed by atoms with Gasteiger partial charge >= 0.3 is 0 Å². The minimum atomic E-state index is 0.302. The third-order valence-electron chi connectivity index (χ3n) is 3.68. The molecule has 102 valence electrons. The molecule has 2 heterocycles. The van der Waals surface area contributed by atoms with Crippen LogP contribution in [-0.4, -0.2) is 42.3 Å². The Balaban J connectivity index is 1.67. The van der Waals surface area contributed by atoms with Crippen LogP contribution >= 0.6 is 12.2 Å². The Morgan fingerprint density at radius 3 is 2.95 bits per heavy atom. The first kappa shape index (κ1) is 12.9. The average molecular weight is 277 g/mol. The molecule has 1 atom stereocenters. The molecule has 1 fully saturated rings. The highest BCUT2D eigenvalue weighted by atomic mass is 32.1. The molecular formula is C15H19NO2S. The molecule has 0 unspecified atom stereocenters. The fraction of sp³-hybridized carbons (Fsp3) is 0.533. The summed E-state index contributed by atoms with van der Waals surface area (Å²) in [5.74, 6) is 1.04. The molecule has 1 aromatic rings. The number of thiocarbonyl (C=S) groups is 1. The molecule has 4 heteroatoms. The second-order valence-corrected chi connectivity index (χ2v) is 5.72. The number of rotatable bonds is 2. The van der Waals surface area contributed by atoms with Gasteiger partial charge in [-0.25, -0.2) is 0 Å². The first-order valence-corrected chi connectivity index (χ1v) is 7.27. The first-order chi connectivity index (χ1) is 9.22. The molecule has 0 radical (unpaired) electrons. The monoisotopic (exact) mass is 277 g/mol. The van der Waals surface area contributed by atoms with E-state index in [1.54, 1.807) is 0 Å². The second-order valence-electron chi connectivity index (χ2n) is 5.24. The largest absolute Gasteiger partial charge is 0.490 e. The van der Waals surface area contributed by atoms with E-state index >= 15 is 0 Å². The Kier molecular flexibility index (Phi) is 3.71. The number of hydrogen-bond acceptors (Lipinski definition) is 3. The molecule has 2 aliphatic heterocycles. The van der Waals surface area contributed by atoms with E-state index in [9.17, 15) is 0 Å². The van der Waals surface area contributed by atoms with Gasteiger partial charge in [0.2, 0.25) is 0 Å². The highest BCUT2D eigenvalue weighted by Gasteiger charge is 2.20. The van der Waals surface area contributed by atoms with Crippen LogP contribution in [0.3, 0.4) is 0 Å². The lowest BCUT2D eigenvalue weighted by Crippen LogP contribution is -2.40. The van der Waals surface area contributed by atoms with Gasteiger partial charge in [0.25, 0.3) is 0 Å². The predicted octanol–water partition coefficient (Wildman–Crippen LogP) is 2.21. The average Bonchev–Trinajstić information content (AvgIpc) is 2.79. The van der Waals surface area contributed by atoms with Crippen molar-refractivity contribution in [3.8, 4) is 5.75 Å². The van der Waals surface area contributed by atoms with Crippen LogP contribution in [-0.2, 0) is 17.6 Å². The second kappa shape index (κ2) is 5.47. The van der Waals surface area contributed by atoms with Gasteiger partial charge in [-0.3, -0.25) is 0 Å². The van der Waals surface area contributed by atoms with Crippen LogP contribution < -0.4 is 4.74 Å².